The van der Waals surface area contributed by atoms with E-state index in [0.29, 0.717) is 4.47 Å². The molecule has 0 radical (unpaired) electrons. The van der Waals surface area contributed by atoms with Crippen LogP contribution in [0.1, 0.15) is 18.1 Å². The van der Waals surface area contributed by atoms with Crippen LogP contribution >= 0.6 is 15.9 Å². The Balaban J connectivity index is 2.10. The molecule has 0 N–H and O–H groups in total. The molecule has 2 aromatic rings. The minimum Gasteiger partial charge on any atom is -0.489 e. The summed E-state index contributed by atoms with van der Waals surface area (Å²) in [5.74, 6) is 0.751. The average Bonchev–Trinajstić information content (AvgIpc) is 2.46. The number of ether oxygens (including phenoxy) is 1. The number of aryl methyl sites for hydroxylation is 1. The molecule has 104 valence electrons. The highest BCUT2D eigenvalue weighted by molar-refractivity contribution is 9.10. The van der Waals surface area contributed by atoms with E-state index >= 15 is 0 Å². The maximum atomic E-state index is 10.9. The van der Waals surface area contributed by atoms with Crippen molar-refractivity contribution in [3.05, 3.63) is 68.2 Å². The second kappa shape index (κ2) is 6.52. The molecule has 5 heteroatoms. The largest absolute Gasteiger partial charge is 0.489 e. The van der Waals surface area contributed by atoms with Crippen molar-refractivity contribution in [3.63, 3.8) is 0 Å². The molecule has 0 saturated carbocycles. The number of benzene rings is 2. The minimum absolute atomic E-state index is 0.0485. The van der Waals surface area contributed by atoms with E-state index in [0.717, 1.165) is 17.7 Å². The van der Waals surface area contributed by atoms with Crippen molar-refractivity contribution in [2.24, 2.45) is 0 Å². The maximum absolute atomic E-state index is 10.9. The fourth-order valence-electron chi connectivity index (χ4n) is 1.80. The van der Waals surface area contributed by atoms with Gasteiger partial charge in [-0.1, -0.05) is 31.2 Å². The molecule has 0 bridgehead atoms. The third-order valence-corrected chi connectivity index (χ3v) is 3.90. The number of hydrogen-bond acceptors (Lipinski definition) is 3. The lowest BCUT2D eigenvalue weighted by molar-refractivity contribution is -0.385. The summed E-state index contributed by atoms with van der Waals surface area (Å²) in [5.41, 5.74) is 2.04. The summed E-state index contributed by atoms with van der Waals surface area (Å²) >= 11 is 3.26. The van der Waals surface area contributed by atoms with Crippen LogP contribution in [0.2, 0.25) is 0 Å². The lowest BCUT2D eigenvalue weighted by atomic mass is 10.2. The second-order valence-corrected chi connectivity index (χ2v) is 5.09. The van der Waals surface area contributed by atoms with Gasteiger partial charge in [0.05, 0.1) is 4.92 Å². The monoisotopic (exact) mass is 335 g/mol. The van der Waals surface area contributed by atoms with Crippen LogP contribution < -0.4 is 4.74 Å². The normalized spacial score (nSPS) is 10.3. The smallest absolute Gasteiger partial charge is 0.283 e. The quantitative estimate of drug-likeness (QED) is 0.597. The molecular formula is C15H14BrNO3. The van der Waals surface area contributed by atoms with Crippen molar-refractivity contribution in [2.75, 3.05) is 0 Å². The van der Waals surface area contributed by atoms with Crippen molar-refractivity contribution in [1.29, 1.82) is 0 Å². The van der Waals surface area contributed by atoms with Crippen LogP contribution in [0.5, 0.6) is 5.75 Å². The molecule has 0 aliphatic heterocycles. The first-order valence-electron chi connectivity index (χ1n) is 6.25. The molecule has 0 aromatic heterocycles. The molecular weight excluding hydrogens is 322 g/mol. The lowest BCUT2D eigenvalue weighted by Gasteiger charge is -2.08. The van der Waals surface area contributed by atoms with Gasteiger partial charge in [-0.2, -0.15) is 0 Å². The fourth-order valence-corrected chi connectivity index (χ4v) is 2.32. The molecule has 0 amide bonds. The molecule has 0 fully saturated rings. The lowest BCUT2D eigenvalue weighted by Crippen LogP contribution is -1.99. The van der Waals surface area contributed by atoms with Crippen LogP contribution in [0.25, 0.3) is 0 Å². The van der Waals surface area contributed by atoms with Gasteiger partial charge in [0.25, 0.3) is 5.69 Å². The summed E-state index contributed by atoms with van der Waals surface area (Å²) in [7, 11) is 0. The summed E-state index contributed by atoms with van der Waals surface area (Å²) in [6, 6.07) is 12.8. The fraction of sp³-hybridized carbons (Fsp3) is 0.200. The number of nitrogens with zero attached hydrogens (tertiary/aromatic N) is 1. The molecule has 0 aliphatic rings. The Morgan fingerprint density at radius 3 is 2.50 bits per heavy atom. The Morgan fingerprint density at radius 1 is 1.20 bits per heavy atom. The third kappa shape index (κ3) is 3.36. The number of hydrogen-bond donors (Lipinski definition) is 0. The Kier molecular flexibility index (Phi) is 4.74. The number of nitro benzene ring substituents is 1. The first kappa shape index (κ1) is 14.5. The number of rotatable bonds is 5. The molecule has 2 aromatic carbocycles. The predicted octanol–water partition coefficient (Wildman–Crippen LogP) is 4.50. The third-order valence-electron chi connectivity index (χ3n) is 2.98. The van der Waals surface area contributed by atoms with Gasteiger partial charge >= 0.3 is 0 Å². The molecule has 0 spiro atoms. The summed E-state index contributed by atoms with van der Waals surface area (Å²) in [6.07, 6.45) is 0.983. The van der Waals surface area contributed by atoms with Crippen LogP contribution in [0, 0.1) is 10.1 Å². The highest BCUT2D eigenvalue weighted by atomic mass is 79.9. The second-order valence-electron chi connectivity index (χ2n) is 4.29. The Hall–Kier alpha value is -1.88. The van der Waals surface area contributed by atoms with E-state index in [2.05, 4.69) is 22.9 Å². The van der Waals surface area contributed by atoms with E-state index in [1.807, 2.05) is 24.3 Å². The van der Waals surface area contributed by atoms with E-state index < -0.39 is 4.92 Å². The predicted molar refractivity (Wildman–Crippen MR) is 80.9 cm³/mol. The molecule has 0 heterocycles. The zero-order valence-corrected chi connectivity index (χ0v) is 12.6. The standard InChI is InChI=1S/C15H14BrNO3/c1-2-11-6-8-13(9-7-11)20-10-12-4-3-5-14(15(12)16)17(18)19/h3-9H,2,10H2,1H3. The molecule has 0 unspecified atom stereocenters. The zero-order valence-electron chi connectivity index (χ0n) is 11.0. The molecule has 0 aliphatic carbocycles. The summed E-state index contributed by atoms with van der Waals surface area (Å²) < 4.78 is 6.12. The first-order chi connectivity index (χ1) is 9.61. The van der Waals surface area contributed by atoms with Crippen LogP contribution in [0.15, 0.2) is 46.9 Å². The van der Waals surface area contributed by atoms with Gasteiger partial charge in [0, 0.05) is 11.6 Å². The van der Waals surface area contributed by atoms with Gasteiger partial charge in [0.2, 0.25) is 0 Å². The molecule has 4 nitrogen and oxygen atoms in total. The van der Waals surface area contributed by atoms with Crippen molar-refractivity contribution >= 4 is 21.6 Å². The van der Waals surface area contributed by atoms with Gasteiger partial charge < -0.3 is 4.74 Å². The van der Waals surface area contributed by atoms with Crippen molar-refractivity contribution in [2.45, 2.75) is 20.0 Å². The highest BCUT2D eigenvalue weighted by Gasteiger charge is 2.14. The molecule has 0 saturated heterocycles. The molecule has 0 atom stereocenters. The van der Waals surface area contributed by atoms with Gasteiger partial charge in [-0.25, -0.2) is 0 Å². The maximum Gasteiger partial charge on any atom is 0.283 e. The van der Waals surface area contributed by atoms with Crippen molar-refractivity contribution < 1.29 is 9.66 Å². The molecule has 20 heavy (non-hydrogen) atoms. The van der Waals surface area contributed by atoms with Gasteiger partial charge in [0.1, 0.15) is 16.8 Å². The highest BCUT2D eigenvalue weighted by Crippen LogP contribution is 2.29. The van der Waals surface area contributed by atoms with Gasteiger partial charge in [0.15, 0.2) is 0 Å². The summed E-state index contributed by atoms with van der Waals surface area (Å²) in [4.78, 5) is 10.4. The Labute approximate surface area is 125 Å². The van der Waals surface area contributed by atoms with E-state index in [1.54, 1.807) is 12.1 Å². The molecule has 2 rings (SSSR count). The van der Waals surface area contributed by atoms with Crippen molar-refractivity contribution in [1.82, 2.24) is 0 Å². The van der Waals surface area contributed by atoms with E-state index in [-0.39, 0.29) is 12.3 Å². The minimum atomic E-state index is -0.413. The van der Waals surface area contributed by atoms with Crippen molar-refractivity contribution in [3.8, 4) is 5.75 Å². The van der Waals surface area contributed by atoms with Gasteiger partial charge in [-0.3, -0.25) is 10.1 Å². The van der Waals surface area contributed by atoms with Gasteiger partial charge in [-0.05, 0) is 40.0 Å². The summed E-state index contributed by atoms with van der Waals surface area (Å²) in [5, 5.41) is 10.9. The average molecular weight is 336 g/mol. The van der Waals surface area contributed by atoms with E-state index in [9.17, 15) is 10.1 Å². The number of nitro groups is 1. The van der Waals surface area contributed by atoms with Crippen LogP contribution in [-0.4, -0.2) is 4.92 Å². The van der Waals surface area contributed by atoms with Gasteiger partial charge in [-0.15, -0.1) is 0 Å². The summed E-state index contributed by atoms with van der Waals surface area (Å²) in [6.45, 7) is 2.38. The first-order valence-corrected chi connectivity index (χ1v) is 7.04. The van der Waals surface area contributed by atoms with Crippen LogP contribution in [-0.2, 0) is 13.0 Å². The van der Waals surface area contributed by atoms with E-state index in [4.69, 9.17) is 4.74 Å². The SMILES string of the molecule is CCc1ccc(OCc2cccc([N+](=O)[O-])c2Br)cc1. The van der Waals surface area contributed by atoms with E-state index in [1.165, 1.54) is 11.6 Å². The van der Waals surface area contributed by atoms with Crippen LogP contribution in [0.4, 0.5) is 5.69 Å². The zero-order chi connectivity index (χ0) is 14.5. The topological polar surface area (TPSA) is 52.4 Å². The number of halogens is 1. The van der Waals surface area contributed by atoms with Crippen LogP contribution in [0.3, 0.4) is 0 Å². The Bertz CT molecular complexity index is 611. The Morgan fingerprint density at radius 2 is 1.90 bits per heavy atom.